The highest BCUT2D eigenvalue weighted by atomic mass is 16.2. The topological polar surface area (TPSA) is 84.7 Å². The number of amides is 1. The summed E-state index contributed by atoms with van der Waals surface area (Å²) in [6, 6.07) is 9.91. The zero-order valence-corrected chi connectivity index (χ0v) is 17.2. The van der Waals surface area contributed by atoms with Crippen LogP contribution in [0, 0.1) is 6.92 Å². The number of aryl methyl sites for hydroxylation is 4. The maximum Gasteiger partial charge on any atom is 0.263 e. The second-order valence-corrected chi connectivity index (χ2v) is 7.36. The lowest BCUT2D eigenvalue weighted by Gasteiger charge is -2.11. The number of nitrogens with zero attached hydrogens (tertiary/aromatic N) is 3. The molecule has 0 atom stereocenters. The van der Waals surface area contributed by atoms with E-state index in [-0.39, 0.29) is 23.6 Å². The van der Waals surface area contributed by atoms with E-state index in [1.807, 2.05) is 48.1 Å². The Bertz CT molecular complexity index is 1250. The number of benzene rings is 1. The zero-order valence-electron chi connectivity index (χ0n) is 17.2. The number of hydrogen-bond acceptors (Lipinski definition) is 3. The Hall–Kier alpha value is -3.61. The van der Waals surface area contributed by atoms with Crippen molar-refractivity contribution in [3.63, 3.8) is 0 Å². The number of nitrogens with one attached hydrogen (secondary N) is 2. The van der Waals surface area contributed by atoms with Gasteiger partial charge >= 0.3 is 0 Å². The van der Waals surface area contributed by atoms with Crippen LogP contribution in [-0.4, -0.2) is 25.0 Å². The molecular formula is C23H25N5O2. The highest BCUT2D eigenvalue weighted by Gasteiger charge is 2.16. The lowest BCUT2D eigenvalue weighted by atomic mass is 10.1. The van der Waals surface area contributed by atoms with Crippen LogP contribution in [0.5, 0.6) is 0 Å². The summed E-state index contributed by atoms with van der Waals surface area (Å²) in [6.07, 6.45) is 8.05. The van der Waals surface area contributed by atoms with Gasteiger partial charge in [-0.1, -0.05) is 18.2 Å². The molecular weight excluding hydrogens is 378 g/mol. The van der Waals surface area contributed by atoms with E-state index in [4.69, 9.17) is 0 Å². The summed E-state index contributed by atoms with van der Waals surface area (Å²) in [6.45, 7) is 5.42. The molecule has 7 nitrogen and oxygen atoms in total. The molecule has 0 aliphatic carbocycles. The molecule has 4 rings (SSSR count). The van der Waals surface area contributed by atoms with E-state index < -0.39 is 0 Å². The van der Waals surface area contributed by atoms with Gasteiger partial charge in [0.1, 0.15) is 5.56 Å². The Morgan fingerprint density at radius 3 is 2.87 bits per heavy atom. The van der Waals surface area contributed by atoms with E-state index in [2.05, 4.69) is 21.4 Å². The highest BCUT2D eigenvalue weighted by Crippen LogP contribution is 2.18. The van der Waals surface area contributed by atoms with E-state index in [1.165, 1.54) is 0 Å². The number of hydrogen-bond donors (Lipinski definition) is 2. The fourth-order valence-corrected chi connectivity index (χ4v) is 3.63. The van der Waals surface area contributed by atoms with Crippen LogP contribution in [0.2, 0.25) is 0 Å². The number of imidazole rings is 1. The predicted octanol–water partition coefficient (Wildman–Crippen LogP) is 3.03. The van der Waals surface area contributed by atoms with Gasteiger partial charge in [-0.3, -0.25) is 9.59 Å². The third kappa shape index (κ3) is 3.91. The number of aromatic nitrogens is 4. The molecule has 154 valence electrons. The molecule has 0 aliphatic rings. The van der Waals surface area contributed by atoms with Gasteiger partial charge in [0.15, 0.2) is 0 Å². The van der Waals surface area contributed by atoms with Crippen molar-refractivity contribution in [2.24, 2.45) is 0 Å². The maximum absolute atomic E-state index is 13.0. The number of fused-ring (bicyclic) bond motifs is 1. The molecule has 0 aliphatic heterocycles. The van der Waals surface area contributed by atoms with Gasteiger partial charge < -0.3 is 19.4 Å². The van der Waals surface area contributed by atoms with Crippen LogP contribution in [0.4, 0.5) is 0 Å². The molecule has 0 saturated heterocycles. The van der Waals surface area contributed by atoms with E-state index >= 15 is 0 Å². The number of aromatic amines is 1. The normalized spacial score (nSPS) is 11.1. The SMILES string of the molecule is CCn1cnc(CNC(=O)c2c(C)ccn(CCc3c[nH]c4ccccc34)c2=O)c1. The van der Waals surface area contributed by atoms with E-state index in [0.29, 0.717) is 18.5 Å². The minimum Gasteiger partial charge on any atom is -0.361 e. The van der Waals surface area contributed by atoms with Crippen molar-refractivity contribution in [2.75, 3.05) is 0 Å². The Morgan fingerprint density at radius 2 is 2.07 bits per heavy atom. The standard InChI is InChI=1S/C23H25N5O2/c1-3-27-14-18(26-15-27)13-25-22(29)21-16(2)8-10-28(23(21)30)11-9-17-12-24-20-7-5-4-6-19(17)20/h4-8,10,12,14-15,24H,3,9,11,13H2,1-2H3,(H,25,29). The van der Waals surface area contributed by atoms with Crippen molar-refractivity contribution in [3.05, 3.63) is 88.0 Å². The van der Waals surface area contributed by atoms with Crippen molar-refractivity contribution in [2.45, 2.75) is 39.9 Å². The number of pyridine rings is 1. The van der Waals surface area contributed by atoms with E-state index in [0.717, 1.165) is 28.7 Å². The van der Waals surface area contributed by atoms with Crippen LogP contribution in [0.1, 0.15) is 34.1 Å². The van der Waals surface area contributed by atoms with Crippen molar-refractivity contribution in [1.82, 2.24) is 24.4 Å². The predicted molar refractivity (Wildman–Crippen MR) is 117 cm³/mol. The summed E-state index contributed by atoms with van der Waals surface area (Å²) in [4.78, 5) is 33.2. The van der Waals surface area contributed by atoms with Crippen LogP contribution in [-0.2, 0) is 26.1 Å². The number of rotatable bonds is 7. The highest BCUT2D eigenvalue weighted by molar-refractivity contribution is 5.95. The monoisotopic (exact) mass is 403 g/mol. The van der Waals surface area contributed by atoms with Gasteiger partial charge in [-0.15, -0.1) is 0 Å². The van der Waals surface area contributed by atoms with Crippen LogP contribution in [0.15, 0.2) is 60.0 Å². The van der Waals surface area contributed by atoms with Gasteiger partial charge in [0.25, 0.3) is 11.5 Å². The fraction of sp³-hybridized carbons (Fsp3) is 0.261. The molecule has 3 heterocycles. The molecule has 0 saturated carbocycles. The number of carbonyl (C=O) groups is 1. The number of para-hydroxylation sites is 1. The molecule has 3 aromatic heterocycles. The smallest absolute Gasteiger partial charge is 0.263 e. The van der Waals surface area contributed by atoms with Crippen molar-refractivity contribution in [3.8, 4) is 0 Å². The van der Waals surface area contributed by atoms with Crippen LogP contribution in [0.3, 0.4) is 0 Å². The number of H-pyrrole nitrogens is 1. The summed E-state index contributed by atoms with van der Waals surface area (Å²) in [5.74, 6) is -0.370. The van der Waals surface area contributed by atoms with Gasteiger partial charge in [0, 0.05) is 42.6 Å². The first kappa shape index (κ1) is 19.7. The van der Waals surface area contributed by atoms with E-state index in [1.54, 1.807) is 24.0 Å². The average molecular weight is 403 g/mol. The Balaban J connectivity index is 1.49. The van der Waals surface area contributed by atoms with Gasteiger partial charge in [0.2, 0.25) is 0 Å². The minimum absolute atomic E-state index is 0.186. The Kier molecular flexibility index (Phi) is 5.52. The summed E-state index contributed by atoms with van der Waals surface area (Å²) in [5, 5.41) is 3.98. The molecule has 30 heavy (non-hydrogen) atoms. The Labute approximate surface area is 174 Å². The summed E-state index contributed by atoms with van der Waals surface area (Å²) in [7, 11) is 0. The quantitative estimate of drug-likeness (QED) is 0.497. The third-order valence-corrected chi connectivity index (χ3v) is 5.38. The molecule has 0 radical (unpaired) electrons. The first-order valence-corrected chi connectivity index (χ1v) is 10.1. The first-order chi connectivity index (χ1) is 14.6. The molecule has 0 unspecified atom stereocenters. The number of carbonyl (C=O) groups excluding carboxylic acids is 1. The molecule has 0 spiro atoms. The minimum atomic E-state index is -0.370. The van der Waals surface area contributed by atoms with Crippen LogP contribution in [0.25, 0.3) is 10.9 Å². The largest absolute Gasteiger partial charge is 0.361 e. The summed E-state index contributed by atoms with van der Waals surface area (Å²) >= 11 is 0. The second kappa shape index (κ2) is 8.41. The van der Waals surface area contributed by atoms with E-state index in [9.17, 15) is 9.59 Å². The zero-order chi connectivity index (χ0) is 21.1. The third-order valence-electron chi connectivity index (χ3n) is 5.38. The average Bonchev–Trinajstić information content (AvgIpc) is 3.38. The van der Waals surface area contributed by atoms with Crippen molar-refractivity contribution < 1.29 is 4.79 Å². The molecule has 7 heteroatoms. The molecule has 0 fully saturated rings. The van der Waals surface area contributed by atoms with Crippen LogP contribution < -0.4 is 10.9 Å². The molecule has 0 bridgehead atoms. The summed E-state index contributed by atoms with van der Waals surface area (Å²) < 4.78 is 3.54. The fourth-order valence-electron chi connectivity index (χ4n) is 3.63. The van der Waals surface area contributed by atoms with Crippen molar-refractivity contribution in [1.29, 1.82) is 0 Å². The lowest BCUT2D eigenvalue weighted by Crippen LogP contribution is -2.34. The second-order valence-electron chi connectivity index (χ2n) is 7.36. The van der Waals surface area contributed by atoms with Gasteiger partial charge in [0.05, 0.1) is 18.6 Å². The van der Waals surface area contributed by atoms with Gasteiger partial charge in [-0.2, -0.15) is 0 Å². The maximum atomic E-state index is 13.0. The lowest BCUT2D eigenvalue weighted by molar-refractivity contribution is 0.0947. The van der Waals surface area contributed by atoms with Crippen LogP contribution >= 0.6 is 0 Å². The Morgan fingerprint density at radius 1 is 1.23 bits per heavy atom. The van der Waals surface area contributed by atoms with Gasteiger partial charge in [-0.25, -0.2) is 4.98 Å². The molecule has 2 N–H and O–H groups in total. The summed E-state index contributed by atoms with van der Waals surface area (Å²) in [5.41, 5.74) is 3.57. The van der Waals surface area contributed by atoms with Crippen molar-refractivity contribution >= 4 is 16.8 Å². The first-order valence-electron chi connectivity index (χ1n) is 10.1. The molecule has 1 amide bonds. The van der Waals surface area contributed by atoms with Gasteiger partial charge in [-0.05, 0) is 43.5 Å². The molecule has 4 aromatic rings. The molecule has 1 aromatic carbocycles.